The molecule has 0 heterocycles. The SMILES string of the molecule is COC(=O)/C(=C\c1ccccc1)S(=O)(=O)c1ccccc1.N#C/C(=C\c1ccccc1)S(=O)(=O)c1ccccc1.O=C(/C(=C\c1ccccc1)S(=O)c1ccccc1)c1ccccc1. The number of Topliss-reactive ketones (excluding diaryl/α,β-unsaturated/α-hetero) is 1. The number of allylic oxidation sites excluding steroid dienone is 2. The maximum atomic E-state index is 13.0. The van der Waals surface area contributed by atoms with Crippen molar-refractivity contribution in [1.82, 2.24) is 0 Å². The Morgan fingerprint density at radius 3 is 1.28 bits per heavy atom. The van der Waals surface area contributed by atoms with Gasteiger partial charge < -0.3 is 4.74 Å². The minimum absolute atomic E-state index is 0.0533. The minimum Gasteiger partial charge on any atom is -0.465 e. The van der Waals surface area contributed by atoms with Crippen molar-refractivity contribution in [2.24, 2.45) is 0 Å². The van der Waals surface area contributed by atoms with E-state index in [1.807, 2.05) is 60.7 Å². The molecule has 0 amide bonds. The van der Waals surface area contributed by atoms with Crippen molar-refractivity contribution in [3.05, 3.63) is 249 Å². The second-order valence-electron chi connectivity index (χ2n) is 13.3. The number of nitriles is 1. The monoisotopic (exact) mass is 903 g/mol. The number of benzene rings is 7. The Hall–Kier alpha value is -7.56. The third-order valence-electron chi connectivity index (χ3n) is 8.89. The highest BCUT2D eigenvalue weighted by Gasteiger charge is 2.28. The zero-order valence-corrected chi connectivity index (χ0v) is 36.8. The average molecular weight is 904 g/mol. The molecule has 0 bridgehead atoms. The fourth-order valence-corrected chi connectivity index (χ4v) is 9.41. The predicted octanol–water partition coefficient (Wildman–Crippen LogP) is 10.4. The number of methoxy groups -OCH3 is 1. The average Bonchev–Trinajstić information content (AvgIpc) is 3.36. The number of esters is 1. The van der Waals surface area contributed by atoms with Gasteiger partial charge in [0.2, 0.25) is 25.5 Å². The van der Waals surface area contributed by atoms with Crippen molar-refractivity contribution in [1.29, 1.82) is 5.26 Å². The number of hydrogen-bond acceptors (Lipinski definition) is 9. The first-order valence-corrected chi connectivity index (χ1v) is 23.5. The highest BCUT2D eigenvalue weighted by atomic mass is 32.2. The number of rotatable bonds is 12. The van der Waals surface area contributed by atoms with Gasteiger partial charge in [0.05, 0.1) is 32.6 Å². The van der Waals surface area contributed by atoms with Gasteiger partial charge in [-0.3, -0.25) is 4.79 Å². The smallest absolute Gasteiger partial charge is 0.349 e. The molecule has 0 spiro atoms. The first kappa shape index (κ1) is 47.5. The van der Waals surface area contributed by atoms with Crippen LogP contribution in [0.4, 0.5) is 0 Å². The number of hydrogen-bond donors (Lipinski definition) is 0. The Kier molecular flexibility index (Phi) is 17.5. The van der Waals surface area contributed by atoms with E-state index in [1.165, 1.54) is 36.4 Å². The molecule has 12 heteroatoms. The number of ether oxygens (including phenoxy) is 1. The molecule has 7 aromatic carbocycles. The van der Waals surface area contributed by atoms with E-state index in [2.05, 4.69) is 4.74 Å². The Bertz CT molecular complexity index is 2960. The first-order chi connectivity index (χ1) is 30.9. The van der Waals surface area contributed by atoms with Crippen LogP contribution in [0.2, 0.25) is 0 Å². The van der Waals surface area contributed by atoms with Crippen LogP contribution in [0.1, 0.15) is 27.0 Å². The topological polar surface area (TPSA) is 153 Å². The molecule has 1 unspecified atom stereocenters. The number of carbonyl (C=O) groups excluding carboxylic acids is 2. The number of sulfone groups is 2. The molecule has 0 radical (unpaired) electrons. The zero-order valence-electron chi connectivity index (χ0n) is 34.4. The van der Waals surface area contributed by atoms with Crippen LogP contribution in [-0.2, 0) is 40.0 Å². The quantitative estimate of drug-likeness (QED) is 0.0505. The van der Waals surface area contributed by atoms with Crippen molar-refractivity contribution in [3.8, 4) is 6.07 Å². The highest BCUT2D eigenvalue weighted by molar-refractivity contribution is 7.96. The highest BCUT2D eigenvalue weighted by Crippen LogP contribution is 2.24. The molecule has 0 fully saturated rings. The Balaban J connectivity index is 0.000000182. The van der Waals surface area contributed by atoms with Crippen LogP contribution < -0.4 is 0 Å². The molecule has 0 saturated heterocycles. The van der Waals surface area contributed by atoms with E-state index in [-0.39, 0.29) is 30.3 Å². The van der Waals surface area contributed by atoms with Crippen LogP contribution in [-0.4, -0.2) is 39.9 Å². The summed E-state index contributed by atoms with van der Waals surface area (Å²) in [4.78, 5) is 25.2. The largest absolute Gasteiger partial charge is 0.465 e. The van der Waals surface area contributed by atoms with Crippen LogP contribution in [0, 0.1) is 11.3 Å². The van der Waals surface area contributed by atoms with Crippen LogP contribution in [0.3, 0.4) is 0 Å². The van der Waals surface area contributed by atoms with Gasteiger partial charge in [-0.1, -0.05) is 176 Å². The van der Waals surface area contributed by atoms with E-state index in [0.717, 1.165) is 12.7 Å². The van der Waals surface area contributed by atoms with Gasteiger partial charge >= 0.3 is 5.97 Å². The molecule has 0 aliphatic carbocycles. The summed E-state index contributed by atoms with van der Waals surface area (Å²) in [6, 6.07) is 62.6. The van der Waals surface area contributed by atoms with E-state index < -0.39 is 36.4 Å². The molecular weight excluding hydrogens is 863 g/mol. The molecule has 9 nitrogen and oxygen atoms in total. The minimum atomic E-state index is -3.92. The van der Waals surface area contributed by atoms with Gasteiger partial charge in [-0.25, -0.2) is 25.8 Å². The van der Waals surface area contributed by atoms with E-state index >= 15 is 0 Å². The van der Waals surface area contributed by atoms with E-state index in [0.29, 0.717) is 21.6 Å². The Morgan fingerprint density at radius 2 is 0.859 bits per heavy atom. The lowest BCUT2D eigenvalue weighted by Gasteiger charge is -2.08. The normalized spacial score (nSPS) is 12.2. The summed E-state index contributed by atoms with van der Waals surface area (Å²) in [6.45, 7) is 0. The molecule has 0 aliphatic rings. The van der Waals surface area contributed by atoms with Gasteiger partial charge in [0.1, 0.15) is 11.0 Å². The second kappa shape index (κ2) is 23.6. The fraction of sp³-hybridized carbons (Fsp3) is 0.0192. The summed E-state index contributed by atoms with van der Waals surface area (Å²) in [5, 5.41) is 9.09. The number of ketones is 1. The Morgan fingerprint density at radius 1 is 0.500 bits per heavy atom. The molecular formula is C52H41NO8S3. The summed E-state index contributed by atoms with van der Waals surface area (Å²) in [6.07, 6.45) is 4.40. The van der Waals surface area contributed by atoms with Crippen LogP contribution >= 0.6 is 0 Å². The molecule has 0 N–H and O–H groups in total. The summed E-state index contributed by atoms with van der Waals surface area (Å²) in [7, 11) is -8.06. The summed E-state index contributed by atoms with van der Waals surface area (Å²) < 4.78 is 67.3. The third kappa shape index (κ3) is 13.2. The van der Waals surface area contributed by atoms with Gasteiger partial charge in [-0.15, -0.1) is 0 Å². The van der Waals surface area contributed by atoms with Crippen molar-refractivity contribution < 1.29 is 35.4 Å². The van der Waals surface area contributed by atoms with E-state index in [1.54, 1.807) is 140 Å². The van der Waals surface area contributed by atoms with Crippen molar-refractivity contribution in [2.45, 2.75) is 14.7 Å². The predicted molar refractivity (Wildman–Crippen MR) is 252 cm³/mol. The molecule has 0 aliphatic heterocycles. The molecule has 0 saturated carbocycles. The third-order valence-corrected chi connectivity index (χ3v) is 13.7. The molecule has 0 aromatic heterocycles. The first-order valence-electron chi connectivity index (χ1n) is 19.4. The van der Waals surface area contributed by atoms with Gasteiger partial charge in [0.25, 0.3) is 0 Å². The van der Waals surface area contributed by atoms with Crippen LogP contribution in [0.5, 0.6) is 0 Å². The van der Waals surface area contributed by atoms with Gasteiger partial charge in [0.15, 0.2) is 4.91 Å². The van der Waals surface area contributed by atoms with E-state index in [4.69, 9.17) is 5.26 Å². The summed E-state index contributed by atoms with van der Waals surface area (Å²) in [5.74, 6) is -1.11. The van der Waals surface area contributed by atoms with Crippen molar-refractivity contribution >= 4 is 60.5 Å². The lowest BCUT2D eigenvalue weighted by atomic mass is 10.1. The Labute approximate surface area is 376 Å². The molecule has 64 heavy (non-hydrogen) atoms. The van der Waals surface area contributed by atoms with Gasteiger partial charge in [-0.2, -0.15) is 5.26 Å². The molecule has 320 valence electrons. The van der Waals surface area contributed by atoms with Gasteiger partial charge in [0, 0.05) is 10.5 Å². The molecule has 7 rings (SSSR count). The number of nitrogens with zero attached hydrogens (tertiary/aromatic N) is 1. The zero-order chi connectivity index (χ0) is 45.8. The van der Waals surface area contributed by atoms with Crippen LogP contribution in [0.25, 0.3) is 18.2 Å². The number of carbonyl (C=O) groups is 2. The summed E-state index contributed by atoms with van der Waals surface area (Å²) in [5.41, 5.74) is 2.67. The van der Waals surface area contributed by atoms with Crippen molar-refractivity contribution in [2.75, 3.05) is 7.11 Å². The molecule has 7 aromatic rings. The van der Waals surface area contributed by atoms with Gasteiger partial charge in [-0.05, 0) is 71.3 Å². The van der Waals surface area contributed by atoms with Crippen molar-refractivity contribution in [3.63, 3.8) is 0 Å². The second-order valence-corrected chi connectivity index (χ2v) is 18.6. The standard InChI is InChI=1S/C21H16O2S.C16H14O4S.C15H11NO2S/c22-21(18-12-6-2-7-13-18)20(16-17-10-4-1-5-11-17)24(23)19-14-8-3-9-15-19;1-20-16(17)15(12-13-8-4-2-5-9-13)21(18,19)14-10-6-3-7-11-14;16-12-15(11-13-7-3-1-4-8-13)19(17,18)14-9-5-2-6-10-14/h1-16H;2-12H,1H3;1-11H/b20-16+;15-12+;15-11+. The summed E-state index contributed by atoms with van der Waals surface area (Å²) >= 11 is 0. The van der Waals surface area contributed by atoms with E-state index in [9.17, 15) is 30.6 Å². The lowest BCUT2D eigenvalue weighted by Crippen LogP contribution is -2.15. The fourth-order valence-electron chi connectivity index (χ4n) is 5.68. The van der Waals surface area contributed by atoms with Crippen LogP contribution in [0.15, 0.2) is 242 Å². The maximum absolute atomic E-state index is 13.0. The maximum Gasteiger partial charge on any atom is 0.349 e. The molecule has 1 atom stereocenters. The lowest BCUT2D eigenvalue weighted by molar-refractivity contribution is -0.135.